The first kappa shape index (κ1) is 24.4. The fourth-order valence-corrected chi connectivity index (χ4v) is 5.04. The van der Waals surface area contributed by atoms with Crippen LogP contribution in [0.4, 0.5) is 11.4 Å². The predicted molar refractivity (Wildman–Crippen MR) is 129 cm³/mol. The summed E-state index contributed by atoms with van der Waals surface area (Å²) in [5.41, 5.74) is 0.834. The van der Waals surface area contributed by atoms with Crippen LogP contribution in [0.15, 0.2) is 79.4 Å². The number of nitrogens with zero attached hydrogens (tertiary/aromatic N) is 2. The van der Waals surface area contributed by atoms with Crippen LogP contribution in [0.3, 0.4) is 0 Å². The minimum absolute atomic E-state index is 0.162. The fraction of sp³-hybridized carbons (Fsp3) is 0.0455. The van der Waals surface area contributed by atoms with Gasteiger partial charge in [-0.1, -0.05) is 36.0 Å². The number of hydrogen-bond donors (Lipinski definition) is 1. The lowest BCUT2D eigenvalue weighted by atomic mass is 10.2. The van der Waals surface area contributed by atoms with E-state index in [1.54, 1.807) is 48.5 Å². The number of ether oxygens (including phenoxy) is 1. The third kappa shape index (κ3) is 6.19. The van der Waals surface area contributed by atoms with Crippen LogP contribution in [0.2, 0.25) is 0 Å². The zero-order valence-electron chi connectivity index (χ0n) is 16.6. The maximum atomic E-state index is 12.6. The van der Waals surface area contributed by atoms with Gasteiger partial charge in [-0.15, -0.1) is 0 Å². The number of amides is 1. The summed E-state index contributed by atoms with van der Waals surface area (Å²) in [4.78, 5) is 36.6. The van der Waals surface area contributed by atoms with E-state index in [2.05, 4.69) is 43.2 Å². The molecule has 3 rings (SSSR count). The van der Waals surface area contributed by atoms with Gasteiger partial charge < -0.3 is 10.1 Å². The molecule has 11 heteroatoms. The molecule has 166 valence electrons. The van der Waals surface area contributed by atoms with Crippen molar-refractivity contribution >= 4 is 66.9 Å². The number of halogens is 2. The number of nitriles is 1. The SMILES string of the molecule is N#Cc1ccccc1Sc1ccccc1C(=O)OCC(=O)Nc1c(Br)cc([N+](=O)[O-])cc1Br. The standard InChI is InChI=1S/C22H13Br2N3O5S/c23-16-9-14(27(30)31)10-17(24)21(16)26-20(28)12-32-22(29)15-6-2-4-8-19(15)33-18-7-3-1-5-13(18)11-25/h1-10H,12H2,(H,26,28). The van der Waals surface area contributed by atoms with E-state index in [1.807, 2.05) is 0 Å². The van der Waals surface area contributed by atoms with Crippen LogP contribution in [-0.4, -0.2) is 23.4 Å². The van der Waals surface area contributed by atoms with E-state index in [0.29, 0.717) is 24.3 Å². The molecule has 3 aromatic carbocycles. The summed E-state index contributed by atoms with van der Waals surface area (Å²) in [6.07, 6.45) is 0. The number of nitro groups is 1. The highest BCUT2D eigenvalue weighted by atomic mass is 79.9. The zero-order chi connectivity index (χ0) is 24.0. The summed E-state index contributed by atoms with van der Waals surface area (Å²) < 4.78 is 5.76. The van der Waals surface area contributed by atoms with Gasteiger partial charge in [0.05, 0.1) is 21.7 Å². The quantitative estimate of drug-likeness (QED) is 0.205. The predicted octanol–water partition coefficient (Wildman–Crippen LogP) is 5.94. The van der Waals surface area contributed by atoms with Crippen molar-refractivity contribution < 1.29 is 19.2 Å². The van der Waals surface area contributed by atoms with Crippen molar-refractivity contribution in [3.05, 3.63) is 90.9 Å². The highest BCUT2D eigenvalue weighted by Crippen LogP contribution is 2.35. The number of esters is 1. The van der Waals surface area contributed by atoms with Gasteiger partial charge in [0.1, 0.15) is 6.07 Å². The molecule has 3 aromatic rings. The van der Waals surface area contributed by atoms with Crippen LogP contribution in [-0.2, 0) is 9.53 Å². The maximum Gasteiger partial charge on any atom is 0.339 e. The number of nitro benzene ring substituents is 1. The number of hydrogen-bond acceptors (Lipinski definition) is 7. The Bertz CT molecular complexity index is 1270. The molecule has 0 heterocycles. The van der Waals surface area contributed by atoms with Gasteiger partial charge in [-0.25, -0.2) is 4.79 Å². The van der Waals surface area contributed by atoms with E-state index in [-0.39, 0.29) is 16.9 Å². The van der Waals surface area contributed by atoms with Crippen molar-refractivity contribution in [2.24, 2.45) is 0 Å². The molecule has 8 nitrogen and oxygen atoms in total. The molecule has 0 fully saturated rings. The zero-order valence-corrected chi connectivity index (χ0v) is 20.6. The van der Waals surface area contributed by atoms with Gasteiger partial charge in [0.25, 0.3) is 11.6 Å². The molecular weight excluding hydrogens is 578 g/mol. The number of carbonyl (C=O) groups is 2. The summed E-state index contributed by atoms with van der Waals surface area (Å²) in [5.74, 6) is -1.33. The lowest BCUT2D eigenvalue weighted by molar-refractivity contribution is -0.385. The molecule has 0 unspecified atom stereocenters. The number of nitrogens with one attached hydrogen (secondary N) is 1. The Morgan fingerprint density at radius 1 is 1.06 bits per heavy atom. The Balaban J connectivity index is 1.69. The normalized spacial score (nSPS) is 10.2. The van der Waals surface area contributed by atoms with Crippen LogP contribution >= 0.6 is 43.6 Å². The van der Waals surface area contributed by atoms with Gasteiger partial charge in [-0.3, -0.25) is 14.9 Å². The van der Waals surface area contributed by atoms with Crippen molar-refractivity contribution in [1.82, 2.24) is 0 Å². The third-order valence-corrected chi connectivity index (χ3v) is 6.57. The first-order valence-corrected chi connectivity index (χ1v) is 11.6. The van der Waals surface area contributed by atoms with Gasteiger partial charge in [0.2, 0.25) is 0 Å². The molecule has 0 atom stereocenters. The lowest BCUT2D eigenvalue weighted by Crippen LogP contribution is -2.21. The fourth-order valence-electron chi connectivity index (χ4n) is 2.66. The summed E-state index contributed by atoms with van der Waals surface area (Å²) in [6, 6.07) is 18.3. The van der Waals surface area contributed by atoms with Crippen molar-refractivity contribution in [2.75, 3.05) is 11.9 Å². The van der Waals surface area contributed by atoms with E-state index in [0.717, 1.165) is 0 Å². The third-order valence-electron chi connectivity index (χ3n) is 4.17. The van der Waals surface area contributed by atoms with Crippen LogP contribution in [0, 0.1) is 21.4 Å². The summed E-state index contributed by atoms with van der Waals surface area (Å²) in [5, 5.41) is 22.8. The second-order valence-corrected chi connectivity index (χ2v) is 9.16. The maximum absolute atomic E-state index is 12.6. The molecule has 1 amide bonds. The van der Waals surface area contributed by atoms with Crippen LogP contribution in [0.25, 0.3) is 0 Å². The molecule has 33 heavy (non-hydrogen) atoms. The number of rotatable bonds is 7. The second kappa shape index (κ2) is 11.1. The first-order valence-electron chi connectivity index (χ1n) is 9.16. The Morgan fingerprint density at radius 2 is 1.67 bits per heavy atom. The smallest absolute Gasteiger partial charge is 0.339 e. The summed E-state index contributed by atoms with van der Waals surface area (Å²) in [6.45, 7) is -0.567. The molecule has 0 aliphatic heterocycles. The molecule has 0 aromatic heterocycles. The Kier molecular flexibility index (Phi) is 8.21. The Hall–Kier alpha value is -3.20. The molecule has 0 aliphatic rings. The van der Waals surface area contributed by atoms with E-state index < -0.39 is 23.4 Å². The van der Waals surface area contributed by atoms with Crippen molar-refractivity contribution in [3.63, 3.8) is 0 Å². The molecule has 1 N–H and O–H groups in total. The summed E-state index contributed by atoms with van der Waals surface area (Å²) in [7, 11) is 0. The van der Waals surface area contributed by atoms with Gasteiger partial charge in [0.15, 0.2) is 6.61 Å². The van der Waals surface area contributed by atoms with Crippen LogP contribution < -0.4 is 5.32 Å². The molecule has 0 radical (unpaired) electrons. The van der Waals surface area contributed by atoms with Crippen molar-refractivity contribution in [3.8, 4) is 6.07 Å². The minimum atomic E-state index is -0.704. The average Bonchev–Trinajstić information content (AvgIpc) is 2.80. The van der Waals surface area contributed by atoms with E-state index in [9.17, 15) is 25.0 Å². The minimum Gasteiger partial charge on any atom is -0.452 e. The number of anilines is 1. The molecule has 0 aliphatic carbocycles. The highest BCUT2D eigenvalue weighted by Gasteiger charge is 2.19. The van der Waals surface area contributed by atoms with Crippen LogP contribution in [0.5, 0.6) is 0 Å². The summed E-state index contributed by atoms with van der Waals surface area (Å²) >= 11 is 7.61. The van der Waals surface area contributed by atoms with Crippen molar-refractivity contribution in [1.29, 1.82) is 5.26 Å². The number of benzene rings is 3. The van der Waals surface area contributed by atoms with E-state index in [4.69, 9.17) is 4.74 Å². The second-order valence-electron chi connectivity index (χ2n) is 6.37. The molecule has 0 bridgehead atoms. The molecule has 0 spiro atoms. The van der Waals surface area contributed by atoms with E-state index in [1.165, 1.54) is 23.9 Å². The topological polar surface area (TPSA) is 122 Å². The van der Waals surface area contributed by atoms with Crippen LogP contribution in [0.1, 0.15) is 15.9 Å². The molecule has 0 saturated heterocycles. The Morgan fingerprint density at radius 3 is 2.30 bits per heavy atom. The van der Waals surface area contributed by atoms with Gasteiger partial charge in [-0.05, 0) is 56.1 Å². The largest absolute Gasteiger partial charge is 0.452 e. The van der Waals surface area contributed by atoms with Gasteiger partial charge in [-0.2, -0.15) is 5.26 Å². The van der Waals surface area contributed by atoms with Gasteiger partial charge >= 0.3 is 5.97 Å². The molecule has 0 saturated carbocycles. The lowest BCUT2D eigenvalue weighted by Gasteiger charge is -2.12. The Labute approximate surface area is 209 Å². The van der Waals surface area contributed by atoms with Gasteiger partial charge in [0, 0.05) is 30.9 Å². The first-order chi connectivity index (χ1) is 15.8. The number of non-ortho nitro benzene ring substituents is 1. The average molecular weight is 591 g/mol. The molecular formula is C22H13Br2N3O5S. The van der Waals surface area contributed by atoms with E-state index >= 15 is 0 Å². The van der Waals surface area contributed by atoms with Crippen molar-refractivity contribution in [2.45, 2.75) is 9.79 Å². The highest BCUT2D eigenvalue weighted by molar-refractivity contribution is 9.11. The monoisotopic (exact) mass is 589 g/mol. The number of carbonyl (C=O) groups excluding carboxylic acids is 2.